The molecule has 0 aliphatic rings. The number of hydrogen-bond acceptors (Lipinski definition) is 2. The molecule has 2 nitrogen and oxygen atoms in total. The minimum Gasteiger partial charge on any atom is -0.317 e. The van der Waals surface area contributed by atoms with Gasteiger partial charge < -0.3 is 4.52 Å². The van der Waals surface area contributed by atoms with Crippen LogP contribution in [-0.2, 0) is 9.09 Å². The van der Waals surface area contributed by atoms with Crippen LogP contribution in [0, 0.1) is 5.92 Å². The third kappa shape index (κ3) is 8.48. The first-order chi connectivity index (χ1) is 3.92. The van der Waals surface area contributed by atoms with Crippen molar-refractivity contribution in [2.45, 2.75) is 13.8 Å². The molecular weight excluding hydrogens is 158 g/mol. The van der Waals surface area contributed by atoms with Crippen LogP contribution in [0.2, 0.25) is 0 Å². The molecule has 56 valence electrons. The van der Waals surface area contributed by atoms with E-state index < -0.39 is 6.72 Å². The molecule has 0 N–H and O–H groups in total. The number of rotatable bonds is 3. The summed E-state index contributed by atoms with van der Waals surface area (Å²) in [6.45, 7) is 3.08. The van der Waals surface area contributed by atoms with Gasteiger partial charge in [0.1, 0.15) is 0 Å². The van der Waals surface area contributed by atoms with Crippen LogP contribution in [0.5, 0.6) is 0 Å². The summed E-state index contributed by atoms with van der Waals surface area (Å²) in [6.07, 6.45) is 0. The fraction of sp³-hybridized carbons (Fsp3) is 1.00. The molecule has 0 aromatic carbocycles. The second kappa shape index (κ2) is 3.60. The highest BCUT2D eigenvalue weighted by atomic mass is 35.7. The molecule has 0 saturated carbocycles. The Bertz CT molecular complexity index is 118. The number of halogens is 1. The van der Waals surface area contributed by atoms with Crippen LogP contribution >= 0.6 is 18.0 Å². The van der Waals surface area contributed by atoms with E-state index in [0.29, 0.717) is 12.5 Å². The van der Waals surface area contributed by atoms with E-state index in [1.807, 2.05) is 13.8 Å². The van der Waals surface area contributed by atoms with E-state index in [4.69, 9.17) is 15.8 Å². The van der Waals surface area contributed by atoms with Gasteiger partial charge in [-0.3, -0.25) is 4.57 Å². The van der Waals surface area contributed by atoms with Crippen LogP contribution in [0.4, 0.5) is 0 Å². The average molecular weight is 171 g/mol. The largest absolute Gasteiger partial charge is 0.317 e. The Balaban J connectivity index is 3.40. The van der Waals surface area contributed by atoms with Gasteiger partial charge in [0.05, 0.1) is 6.61 Å². The summed E-state index contributed by atoms with van der Waals surface area (Å²) in [5.74, 6) is 0.386. The van der Waals surface area contributed by atoms with Gasteiger partial charge in [-0.2, -0.15) is 0 Å². The number of hydrogen-bond donors (Lipinski definition) is 0. The van der Waals surface area contributed by atoms with Gasteiger partial charge in [-0.25, -0.2) is 0 Å². The van der Waals surface area contributed by atoms with Crippen LogP contribution < -0.4 is 0 Å². The van der Waals surface area contributed by atoms with Crippen molar-refractivity contribution < 1.29 is 9.09 Å². The van der Waals surface area contributed by atoms with E-state index in [1.165, 1.54) is 6.66 Å². The zero-order valence-electron chi connectivity index (χ0n) is 5.93. The molecule has 0 radical (unpaired) electrons. The molecule has 1 atom stereocenters. The van der Waals surface area contributed by atoms with Crippen LogP contribution in [0.3, 0.4) is 0 Å². The molecule has 0 aromatic rings. The highest BCUT2D eigenvalue weighted by Gasteiger charge is 2.10. The predicted molar refractivity (Wildman–Crippen MR) is 40.2 cm³/mol. The summed E-state index contributed by atoms with van der Waals surface area (Å²) in [5, 5.41) is 0. The highest BCUT2D eigenvalue weighted by Crippen LogP contribution is 2.48. The Morgan fingerprint density at radius 1 is 1.67 bits per heavy atom. The zero-order chi connectivity index (χ0) is 7.49. The molecule has 0 fully saturated rings. The topological polar surface area (TPSA) is 26.3 Å². The summed E-state index contributed by atoms with van der Waals surface area (Å²) in [4.78, 5) is 0. The third-order valence-electron chi connectivity index (χ3n) is 0.638. The molecule has 4 heteroatoms. The molecule has 0 aliphatic carbocycles. The minimum atomic E-state index is -2.75. The minimum absolute atomic E-state index is 0.386. The van der Waals surface area contributed by atoms with Gasteiger partial charge in [-0.1, -0.05) is 13.8 Å². The molecule has 0 rings (SSSR count). The highest BCUT2D eigenvalue weighted by molar-refractivity contribution is 7.84. The first-order valence-corrected chi connectivity index (χ1v) is 5.81. The molecule has 0 amide bonds. The van der Waals surface area contributed by atoms with Crippen molar-refractivity contribution in [1.29, 1.82) is 0 Å². The lowest BCUT2D eigenvalue weighted by molar-refractivity contribution is 0.281. The Morgan fingerprint density at radius 2 is 2.11 bits per heavy atom. The summed E-state index contributed by atoms with van der Waals surface area (Å²) in [5.41, 5.74) is 0. The van der Waals surface area contributed by atoms with Crippen molar-refractivity contribution in [1.82, 2.24) is 0 Å². The maximum atomic E-state index is 10.7. The van der Waals surface area contributed by atoms with E-state index in [0.717, 1.165) is 0 Å². The van der Waals surface area contributed by atoms with Crippen molar-refractivity contribution in [2.24, 2.45) is 5.92 Å². The molecule has 9 heavy (non-hydrogen) atoms. The van der Waals surface area contributed by atoms with Crippen LogP contribution in [-0.4, -0.2) is 13.3 Å². The van der Waals surface area contributed by atoms with E-state index in [-0.39, 0.29) is 0 Å². The normalized spacial score (nSPS) is 17.9. The molecule has 0 spiro atoms. The standard InChI is InChI=1S/C5H12ClO2P/c1-5(2)4-8-9(3,6)7/h5H,4H2,1-3H3. The Hall–Kier alpha value is 0.480. The van der Waals surface area contributed by atoms with Crippen LogP contribution in [0.1, 0.15) is 13.8 Å². The molecule has 0 saturated heterocycles. The van der Waals surface area contributed by atoms with Gasteiger partial charge in [0.25, 0.3) is 6.72 Å². The van der Waals surface area contributed by atoms with Gasteiger partial charge >= 0.3 is 0 Å². The monoisotopic (exact) mass is 170 g/mol. The van der Waals surface area contributed by atoms with Gasteiger partial charge in [-0.15, -0.1) is 0 Å². The first kappa shape index (κ1) is 9.48. The van der Waals surface area contributed by atoms with Crippen LogP contribution in [0.15, 0.2) is 0 Å². The maximum absolute atomic E-state index is 10.7. The summed E-state index contributed by atoms with van der Waals surface area (Å²) >= 11 is 5.31. The summed E-state index contributed by atoms with van der Waals surface area (Å²) in [7, 11) is 0. The zero-order valence-corrected chi connectivity index (χ0v) is 7.58. The summed E-state index contributed by atoms with van der Waals surface area (Å²) < 4.78 is 15.5. The van der Waals surface area contributed by atoms with E-state index in [9.17, 15) is 4.57 Å². The van der Waals surface area contributed by atoms with Crippen molar-refractivity contribution in [3.05, 3.63) is 0 Å². The Kier molecular flexibility index (Phi) is 3.79. The molecule has 0 heterocycles. The second-order valence-corrected chi connectivity index (χ2v) is 6.03. The van der Waals surface area contributed by atoms with Gasteiger partial charge in [0.15, 0.2) is 0 Å². The van der Waals surface area contributed by atoms with Gasteiger partial charge in [0, 0.05) is 6.66 Å². The molecule has 0 bridgehead atoms. The molecule has 0 aromatic heterocycles. The predicted octanol–water partition coefficient (Wildman–Crippen LogP) is 2.72. The molecule has 1 unspecified atom stereocenters. The first-order valence-electron chi connectivity index (χ1n) is 2.83. The fourth-order valence-electron chi connectivity index (χ4n) is 0.282. The second-order valence-electron chi connectivity index (χ2n) is 2.44. The van der Waals surface area contributed by atoms with Crippen molar-refractivity contribution in [2.75, 3.05) is 13.3 Å². The lowest BCUT2D eigenvalue weighted by atomic mass is 10.2. The van der Waals surface area contributed by atoms with Gasteiger partial charge in [0.2, 0.25) is 0 Å². The van der Waals surface area contributed by atoms with Crippen molar-refractivity contribution in [3.63, 3.8) is 0 Å². The van der Waals surface area contributed by atoms with E-state index in [1.54, 1.807) is 0 Å². The smallest absolute Gasteiger partial charge is 0.287 e. The van der Waals surface area contributed by atoms with Crippen molar-refractivity contribution >= 4 is 18.0 Å². The summed E-state index contributed by atoms with van der Waals surface area (Å²) in [6, 6.07) is 0. The Labute approximate surface area is 60.8 Å². The average Bonchev–Trinajstić information content (AvgIpc) is 1.59. The fourth-order valence-corrected chi connectivity index (χ4v) is 1.02. The lowest BCUT2D eigenvalue weighted by Gasteiger charge is -2.07. The maximum Gasteiger partial charge on any atom is 0.287 e. The Morgan fingerprint density at radius 3 is 2.22 bits per heavy atom. The quantitative estimate of drug-likeness (QED) is 0.609. The molecule has 0 aliphatic heterocycles. The van der Waals surface area contributed by atoms with E-state index >= 15 is 0 Å². The SMILES string of the molecule is CC(C)COP(C)(=O)Cl. The van der Waals surface area contributed by atoms with Crippen LogP contribution in [0.25, 0.3) is 0 Å². The van der Waals surface area contributed by atoms with E-state index in [2.05, 4.69) is 0 Å². The van der Waals surface area contributed by atoms with Gasteiger partial charge in [-0.05, 0) is 17.2 Å². The molecular formula is C5H12ClO2P. The van der Waals surface area contributed by atoms with Crippen molar-refractivity contribution in [3.8, 4) is 0 Å². The lowest BCUT2D eigenvalue weighted by Crippen LogP contribution is -1.97. The third-order valence-corrected chi connectivity index (χ3v) is 1.54.